The maximum Gasteiger partial charge on any atom is 0.263 e. The highest BCUT2D eigenvalue weighted by atomic mass is 35.5. The Hall–Kier alpha value is -2.55. The summed E-state index contributed by atoms with van der Waals surface area (Å²) in [6.45, 7) is 6.01. The third-order valence-electron chi connectivity index (χ3n) is 4.11. The molecule has 0 aliphatic carbocycles. The number of sulfonamides is 1. The molecule has 0 radical (unpaired) electrons. The zero-order chi connectivity index (χ0) is 22.1. The fourth-order valence-electron chi connectivity index (χ4n) is 2.54. The molecule has 1 amide bonds. The van der Waals surface area contributed by atoms with Crippen LogP contribution in [0.4, 0.5) is 11.4 Å². The van der Waals surface area contributed by atoms with E-state index in [-0.39, 0.29) is 32.1 Å². The van der Waals surface area contributed by atoms with Crippen molar-refractivity contribution in [1.29, 1.82) is 0 Å². The van der Waals surface area contributed by atoms with Gasteiger partial charge in [-0.1, -0.05) is 23.2 Å². The zero-order valence-corrected chi connectivity index (χ0v) is 18.8. The average molecular weight is 467 g/mol. The van der Waals surface area contributed by atoms with Crippen molar-refractivity contribution in [2.45, 2.75) is 31.2 Å². The van der Waals surface area contributed by atoms with E-state index in [4.69, 9.17) is 23.2 Å². The Bertz CT molecular complexity index is 1180. The molecule has 1 heterocycles. The summed E-state index contributed by atoms with van der Waals surface area (Å²) < 4.78 is 29.3. The molecule has 1 aromatic heterocycles. The summed E-state index contributed by atoms with van der Waals surface area (Å²) >= 11 is 11.9. The predicted octanol–water partition coefficient (Wildman–Crippen LogP) is 5.00. The fourth-order valence-corrected chi connectivity index (χ4v) is 4.36. The first kappa shape index (κ1) is 22.1. The van der Waals surface area contributed by atoms with Gasteiger partial charge in [0.25, 0.3) is 15.9 Å². The lowest BCUT2D eigenvalue weighted by Crippen LogP contribution is -2.22. The van der Waals surface area contributed by atoms with Gasteiger partial charge in [-0.05, 0) is 63.2 Å². The number of halogens is 2. The SMILES string of the molecule is CC(C)(C)n1cc(NC(=O)c2ccc(NS(=O)(=O)c3cc(Cl)ccc3Cl)cc2)cn1. The molecule has 3 rings (SSSR count). The molecular weight excluding hydrogens is 447 g/mol. The minimum Gasteiger partial charge on any atom is -0.319 e. The molecule has 30 heavy (non-hydrogen) atoms. The molecular formula is C20H20Cl2N4O3S. The van der Waals surface area contributed by atoms with Gasteiger partial charge < -0.3 is 5.32 Å². The van der Waals surface area contributed by atoms with E-state index in [2.05, 4.69) is 15.1 Å². The summed E-state index contributed by atoms with van der Waals surface area (Å²) in [6, 6.07) is 10.2. The Morgan fingerprint density at radius 2 is 1.70 bits per heavy atom. The van der Waals surface area contributed by atoms with Crippen LogP contribution < -0.4 is 10.0 Å². The second-order valence-corrected chi connectivity index (χ2v) is 10.1. The number of hydrogen-bond acceptors (Lipinski definition) is 4. The van der Waals surface area contributed by atoms with E-state index in [1.54, 1.807) is 17.1 Å². The van der Waals surface area contributed by atoms with Gasteiger partial charge in [-0.3, -0.25) is 14.2 Å². The molecule has 0 saturated carbocycles. The summed E-state index contributed by atoms with van der Waals surface area (Å²) in [5, 5.41) is 7.31. The summed E-state index contributed by atoms with van der Waals surface area (Å²) in [7, 11) is -3.94. The molecule has 0 bridgehead atoms. The van der Waals surface area contributed by atoms with Crippen molar-refractivity contribution in [1.82, 2.24) is 9.78 Å². The first-order valence-corrected chi connectivity index (χ1v) is 11.1. The van der Waals surface area contributed by atoms with Crippen molar-refractivity contribution in [3.63, 3.8) is 0 Å². The maximum atomic E-state index is 12.6. The predicted molar refractivity (Wildman–Crippen MR) is 119 cm³/mol. The number of benzene rings is 2. The molecule has 3 aromatic rings. The highest BCUT2D eigenvalue weighted by Crippen LogP contribution is 2.27. The molecule has 0 spiro atoms. The van der Waals surface area contributed by atoms with Crippen LogP contribution in [0.5, 0.6) is 0 Å². The van der Waals surface area contributed by atoms with E-state index in [9.17, 15) is 13.2 Å². The molecule has 0 saturated heterocycles. The van der Waals surface area contributed by atoms with E-state index in [0.29, 0.717) is 11.3 Å². The molecule has 158 valence electrons. The van der Waals surface area contributed by atoms with Gasteiger partial charge in [0.2, 0.25) is 0 Å². The number of carbonyl (C=O) groups excluding carboxylic acids is 1. The molecule has 0 atom stereocenters. The molecule has 0 unspecified atom stereocenters. The Balaban J connectivity index is 1.72. The van der Waals surface area contributed by atoms with Crippen LogP contribution in [-0.2, 0) is 15.6 Å². The van der Waals surface area contributed by atoms with Crippen molar-refractivity contribution in [2.75, 3.05) is 10.0 Å². The quantitative estimate of drug-likeness (QED) is 0.553. The van der Waals surface area contributed by atoms with E-state index in [1.807, 2.05) is 20.8 Å². The lowest BCUT2D eigenvalue weighted by atomic mass is 10.1. The maximum absolute atomic E-state index is 12.6. The van der Waals surface area contributed by atoms with Crippen molar-refractivity contribution >= 4 is 50.5 Å². The van der Waals surface area contributed by atoms with Gasteiger partial charge in [0.15, 0.2) is 0 Å². The van der Waals surface area contributed by atoms with Gasteiger partial charge in [-0.25, -0.2) is 8.42 Å². The minimum atomic E-state index is -3.94. The van der Waals surface area contributed by atoms with E-state index >= 15 is 0 Å². The summed E-state index contributed by atoms with van der Waals surface area (Å²) in [5.74, 6) is -0.337. The molecule has 2 aromatic carbocycles. The third kappa shape index (κ3) is 5.13. The second kappa shape index (κ2) is 8.29. The van der Waals surface area contributed by atoms with Crippen molar-refractivity contribution in [3.8, 4) is 0 Å². The number of aromatic nitrogens is 2. The number of nitrogens with one attached hydrogen (secondary N) is 2. The van der Waals surface area contributed by atoms with E-state index < -0.39 is 10.0 Å². The second-order valence-electron chi connectivity index (χ2n) is 7.56. The highest BCUT2D eigenvalue weighted by Gasteiger charge is 2.19. The number of carbonyl (C=O) groups is 1. The molecule has 0 aliphatic rings. The molecule has 0 aliphatic heterocycles. The van der Waals surface area contributed by atoms with Crippen LogP contribution in [0.2, 0.25) is 10.0 Å². The van der Waals surface area contributed by atoms with E-state index in [1.165, 1.54) is 42.5 Å². The Labute approximate surface area is 185 Å². The summed E-state index contributed by atoms with van der Waals surface area (Å²) in [5.41, 5.74) is 1.01. The van der Waals surface area contributed by atoms with Crippen molar-refractivity contribution < 1.29 is 13.2 Å². The lowest BCUT2D eigenvalue weighted by Gasteiger charge is -2.18. The van der Waals surface area contributed by atoms with Crippen LogP contribution in [0.15, 0.2) is 59.8 Å². The van der Waals surface area contributed by atoms with Crippen LogP contribution in [-0.4, -0.2) is 24.1 Å². The normalized spacial score (nSPS) is 11.9. The van der Waals surface area contributed by atoms with Gasteiger partial charge in [0.1, 0.15) is 4.90 Å². The number of amides is 1. The molecule has 0 fully saturated rings. The first-order chi connectivity index (χ1) is 14.0. The van der Waals surface area contributed by atoms with Crippen LogP contribution in [0, 0.1) is 0 Å². The highest BCUT2D eigenvalue weighted by molar-refractivity contribution is 7.92. The zero-order valence-electron chi connectivity index (χ0n) is 16.5. The summed E-state index contributed by atoms with van der Waals surface area (Å²) in [6.07, 6.45) is 3.31. The number of anilines is 2. The standard InChI is InChI=1S/C20H20Cl2N4O3S/c1-20(2,3)26-12-16(11-23-26)24-19(27)13-4-7-15(8-5-13)25-30(28,29)18-10-14(21)6-9-17(18)22/h4-12,25H,1-3H3,(H,24,27). The smallest absolute Gasteiger partial charge is 0.263 e. The molecule has 10 heteroatoms. The number of rotatable bonds is 5. The van der Waals surface area contributed by atoms with Gasteiger partial charge in [-0.2, -0.15) is 5.10 Å². The Morgan fingerprint density at radius 3 is 2.30 bits per heavy atom. The number of hydrogen-bond donors (Lipinski definition) is 2. The van der Waals surface area contributed by atoms with Gasteiger partial charge in [-0.15, -0.1) is 0 Å². The third-order valence-corrected chi connectivity index (χ3v) is 6.21. The van der Waals surface area contributed by atoms with Crippen molar-refractivity contribution in [2.24, 2.45) is 0 Å². The summed E-state index contributed by atoms with van der Waals surface area (Å²) in [4.78, 5) is 12.3. The Morgan fingerprint density at radius 1 is 1.03 bits per heavy atom. The van der Waals surface area contributed by atoms with E-state index in [0.717, 1.165) is 0 Å². The van der Waals surface area contributed by atoms with Crippen LogP contribution in [0.3, 0.4) is 0 Å². The van der Waals surface area contributed by atoms with Gasteiger partial charge in [0.05, 0.1) is 22.4 Å². The largest absolute Gasteiger partial charge is 0.319 e. The van der Waals surface area contributed by atoms with Crippen LogP contribution >= 0.6 is 23.2 Å². The van der Waals surface area contributed by atoms with Crippen LogP contribution in [0.25, 0.3) is 0 Å². The molecule has 2 N–H and O–H groups in total. The monoisotopic (exact) mass is 466 g/mol. The lowest BCUT2D eigenvalue weighted by molar-refractivity contribution is 0.102. The Kier molecular flexibility index (Phi) is 6.12. The van der Waals surface area contributed by atoms with Gasteiger partial charge >= 0.3 is 0 Å². The molecule has 7 nitrogen and oxygen atoms in total. The topological polar surface area (TPSA) is 93.1 Å². The minimum absolute atomic E-state index is 0.0544. The van der Waals surface area contributed by atoms with Crippen molar-refractivity contribution in [3.05, 3.63) is 70.5 Å². The van der Waals surface area contributed by atoms with Crippen LogP contribution in [0.1, 0.15) is 31.1 Å². The first-order valence-electron chi connectivity index (χ1n) is 8.90. The average Bonchev–Trinajstić information content (AvgIpc) is 3.13. The number of nitrogens with zero attached hydrogens (tertiary/aromatic N) is 2. The van der Waals surface area contributed by atoms with Gasteiger partial charge in [0, 0.05) is 22.5 Å². The fraction of sp³-hybridized carbons (Fsp3) is 0.200.